The highest BCUT2D eigenvalue weighted by Gasteiger charge is 2.14. The average molecular weight is 376 g/mol. The molecule has 0 bridgehead atoms. The quantitative estimate of drug-likeness (QED) is 0.367. The summed E-state index contributed by atoms with van der Waals surface area (Å²) in [5.41, 5.74) is 6.43. The molecule has 3 nitrogen and oxygen atoms in total. The molecule has 2 heterocycles. The van der Waals surface area contributed by atoms with Gasteiger partial charge in [-0.3, -0.25) is 0 Å². The van der Waals surface area contributed by atoms with Crippen LogP contribution in [0, 0.1) is 6.92 Å². The number of nitrogens with zero attached hydrogens (tertiary/aromatic N) is 1. The number of aromatic nitrogens is 2. The minimum atomic E-state index is 0.813. The van der Waals surface area contributed by atoms with Crippen LogP contribution in [-0.4, -0.2) is 9.97 Å². The third-order valence-corrected chi connectivity index (χ3v) is 5.07. The normalized spacial score (nSPS) is 10.9. The molecule has 0 saturated carbocycles. The fourth-order valence-corrected chi connectivity index (χ4v) is 3.73. The number of fused-ring (bicyclic) bond motifs is 1. The van der Waals surface area contributed by atoms with E-state index in [0.717, 1.165) is 39.4 Å². The first-order valence-corrected chi connectivity index (χ1v) is 9.65. The Morgan fingerprint density at radius 1 is 0.759 bits per heavy atom. The molecular weight excluding hydrogens is 356 g/mol. The number of rotatable bonds is 4. The molecule has 0 aliphatic rings. The lowest BCUT2D eigenvalue weighted by Gasteiger charge is -2.11. The molecular formula is C26H20N2O. The highest BCUT2D eigenvalue weighted by molar-refractivity contribution is 5.97. The molecule has 5 rings (SSSR count). The SMILES string of the molecule is Cc1[nH]c2ncc(-c3ccccc3Oc3ccccc3)cc2c1-c1ccccc1. The molecule has 0 fully saturated rings. The molecule has 140 valence electrons. The topological polar surface area (TPSA) is 37.9 Å². The number of hydrogen-bond acceptors (Lipinski definition) is 2. The molecule has 0 atom stereocenters. The highest BCUT2D eigenvalue weighted by atomic mass is 16.5. The summed E-state index contributed by atoms with van der Waals surface area (Å²) in [6.45, 7) is 2.09. The van der Waals surface area contributed by atoms with E-state index >= 15 is 0 Å². The van der Waals surface area contributed by atoms with Gasteiger partial charge < -0.3 is 9.72 Å². The summed E-state index contributed by atoms with van der Waals surface area (Å²) in [6.07, 6.45) is 1.90. The molecule has 5 aromatic rings. The molecule has 0 aliphatic heterocycles. The van der Waals surface area contributed by atoms with Crippen LogP contribution in [0.3, 0.4) is 0 Å². The van der Waals surface area contributed by atoms with E-state index in [4.69, 9.17) is 9.72 Å². The van der Waals surface area contributed by atoms with Gasteiger partial charge in [0.15, 0.2) is 0 Å². The molecule has 3 heteroatoms. The van der Waals surface area contributed by atoms with Gasteiger partial charge in [0, 0.05) is 34.0 Å². The predicted octanol–water partition coefficient (Wildman–Crippen LogP) is 7.00. The number of H-pyrrole nitrogens is 1. The summed E-state index contributed by atoms with van der Waals surface area (Å²) in [5, 5.41) is 1.11. The van der Waals surface area contributed by atoms with Crippen LogP contribution < -0.4 is 4.74 Å². The van der Waals surface area contributed by atoms with Gasteiger partial charge in [0.1, 0.15) is 17.1 Å². The van der Waals surface area contributed by atoms with E-state index in [9.17, 15) is 0 Å². The van der Waals surface area contributed by atoms with Crippen molar-refractivity contribution in [2.75, 3.05) is 0 Å². The first-order valence-electron chi connectivity index (χ1n) is 9.65. The number of nitrogens with one attached hydrogen (secondary N) is 1. The van der Waals surface area contributed by atoms with Crippen LogP contribution in [0.4, 0.5) is 0 Å². The maximum atomic E-state index is 6.16. The minimum absolute atomic E-state index is 0.813. The number of aryl methyl sites for hydroxylation is 1. The molecule has 0 spiro atoms. The second-order valence-corrected chi connectivity index (χ2v) is 7.02. The number of ether oxygens (including phenoxy) is 1. The van der Waals surface area contributed by atoms with Crippen molar-refractivity contribution in [3.63, 3.8) is 0 Å². The van der Waals surface area contributed by atoms with Crippen LogP contribution in [0.5, 0.6) is 11.5 Å². The van der Waals surface area contributed by atoms with Crippen LogP contribution in [0.15, 0.2) is 97.2 Å². The Hall–Kier alpha value is -3.85. The molecule has 3 aromatic carbocycles. The van der Waals surface area contributed by atoms with Crippen molar-refractivity contribution in [1.29, 1.82) is 0 Å². The van der Waals surface area contributed by atoms with Crippen molar-refractivity contribution in [2.24, 2.45) is 0 Å². The lowest BCUT2D eigenvalue weighted by atomic mass is 10.0. The summed E-state index contributed by atoms with van der Waals surface area (Å²) < 4.78 is 6.16. The van der Waals surface area contributed by atoms with Crippen molar-refractivity contribution in [3.05, 3.63) is 103 Å². The molecule has 0 amide bonds. The molecule has 2 aromatic heterocycles. The maximum Gasteiger partial charge on any atom is 0.138 e. The summed E-state index contributed by atoms with van der Waals surface area (Å²) in [6, 6.07) is 30.6. The second kappa shape index (κ2) is 7.28. The molecule has 29 heavy (non-hydrogen) atoms. The van der Waals surface area contributed by atoms with Gasteiger partial charge in [0.2, 0.25) is 0 Å². The molecule has 0 aliphatic carbocycles. The molecule has 0 unspecified atom stereocenters. The van der Waals surface area contributed by atoms with Gasteiger partial charge in [-0.05, 0) is 36.8 Å². The van der Waals surface area contributed by atoms with Gasteiger partial charge in [0.05, 0.1) is 0 Å². The fourth-order valence-electron chi connectivity index (χ4n) is 3.73. The highest BCUT2D eigenvalue weighted by Crippen LogP contribution is 2.37. The van der Waals surface area contributed by atoms with Crippen LogP contribution in [-0.2, 0) is 0 Å². The van der Waals surface area contributed by atoms with E-state index < -0.39 is 0 Å². The van der Waals surface area contributed by atoms with Gasteiger partial charge in [-0.15, -0.1) is 0 Å². The van der Waals surface area contributed by atoms with Gasteiger partial charge in [0.25, 0.3) is 0 Å². The maximum absolute atomic E-state index is 6.16. The standard InChI is InChI=1S/C26H20N2O/c1-18-25(19-10-4-2-5-11-19)23-16-20(17-27-26(23)28-18)22-14-8-9-15-24(22)29-21-12-6-3-7-13-21/h2-17H,1H3,(H,27,28). The summed E-state index contributed by atoms with van der Waals surface area (Å²) >= 11 is 0. The average Bonchev–Trinajstić information content (AvgIpc) is 3.10. The zero-order valence-electron chi connectivity index (χ0n) is 16.1. The fraction of sp³-hybridized carbons (Fsp3) is 0.0385. The lowest BCUT2D eigenvalue weighted by Crippen LogP contribution is -1.89. The minimum Gasteiger partial charge on any atom is -0.457 e. The van der Waals surface area contributed by atoms with Gasteiger partial charge in [-0.1, -0.05) is 66.7 Å². The van der Waals surface area contributed by atoms with Crippen LogP contribution in [0.25, 0.3) is 33.3 Å². The van der Waals surface area contributed by atoms with Crippen molar-refractivity contribution in [1.82, 2.24) is 9.97 Å². The summed E-state index contributed by atoms with van der Waals surface area (Å²) in [5.74, 6) is 1.63. The Balaban J connectivity index is 1.64. The number of para-hydroxylation sites is 2. The van der Waals surface area contributed by atoms with E-state index in [-0.39, 0.29) is 0 Å². The van der Waals surface area contributed by atoms with Crippen LogP contribution in [0.2, 0.25) is 0 Å². The Kier molecular flexibility index (Phi) is 4.34. The zero-order valence-corrected chi connectivity index (χ0v) is 16.1. The van der Waals surface area contributed by atoms with Crippen LogP contribution >= 0.6 is 0 Å². The molecule has 0 saturated heterocycles. The van der Waals surface area contributed by atoms with E-state index in [2.05, 4.69) is 48.3 Å². The third kappa shape index (κ3) is 3.27. The van der Waals surface area contributed by atoms with Crippen molar-refractivity contribution in [3.8, 4) is 33.8 Å². The van der Waals surface area contributed by atoms with E-state index in [1.54, 1.807) is 0 Å². The monoisotopic (exact) mass is 376 g/mol. The van der Waals surface area contributed by atoms with Crippen molar-refractivity contribution < 1.29 is 4.74 Å². The van der Waals surface area contributed by atoms with Gasteiger partial charge >= 0.3 is 0 Å². The number of pyridine rings is 1. The summed E-state index contributed by atoms with van der Waals surface area (Å²) in [4.78, 5) is 8.12. The number of hydrogen-bond donors (Lipinski definition) is 1. The van der Waals surface area contributed by atoms with Crippen molar-refractivity contribution in [2.45, 2.75) is 6.92 Å². The Labute approximate surface area is 169 Å². The third-order valence-electron chi connectivity index (χ3n) is 5.07. The van der Waals surface area contributed by atoms with Crippen LogP contribution in [0.1, 0.15) is 5.69 Å². The Bertz CT molecular complexity index is 1270. The second-order valence-electron chi connectivity index (χ2n) is 7.02. The van der Waals surface area contributed by atoms with E-state index in [1.165, 1.54) is 11.1 Å². The van der Waals surface area contributed by atoms with E-state index in [0.29, 0.717) is 0 Å². The first-order chi connectivity index (χ1) is 14.3. The number of benzene rings is 3. The smallest absolute Gasteiger partial charge is 0.138 e. The zero-order chi connectivity index (χ0) is 19.6. The largest absolute Gasteiger partial charge is 0.457 e. The summed E-state index contributed by atoms with van der Waals surface area (Å²) in [7, 11) is 0. The Morgan fingerprint density at radius 2 is 1.45 bits per heavy atom. The molecule has 0 radical (unpaired) electrons. The first kappa shape index (κ1) is 17.3. The Morgan fingerprint density at radius 3 is 2.24 bits per heavy atom. The van der Waals surface area contributed by atoms with Crippen molar-refractivity contribution >= 4 is 11.0 Å². The molecule has 1 N–H and O–H groups in total. The lowest BCUT2D eigenvalue weighted by molar-refractivity contribution is 0.484. The van der Waals surface area contributed by atoms with Gasteiger partial charge in [-0.25, -0.2) is 4.98 Å². The van der Waals surface area contributed by atoms with E-state index in [1.807, 2.05) is 60.8 Å². The van der Waals surface area contributed by atoms with Gasteiger partial charge in [-0.2, -0.15) is 0 Å². The number of aromatic amines is 1. The predicted molar refractivity (Wildman–Crippen MR) is 118 cm³/mol.